The zero-order valence-corrected chi connectivity index (χ0v) is 12.3. The van der Waals surface area contributed by atoms with Crippen LogP contribution < -0.4 is 4.74 Å². The van der Waals surface area contributed by atoms with E-state index in [1.165, 1.54) is 5.56 Å². The Morgan fingerprint density at radius 2 is 2.25 bits per heavy atom. The van der Waals surface area contributed by atoms with Crippen LogP contribution in [0.3, 0.4) is 0 Å². The molecule has 0 bridgehead atoms. The Kier molecular flexibility index (Phi) is 4.17. The molecule has 0 amide bonds. The van der Waals surface area contributed by atoms with E-state index in [1.54, 1.807) is 0 Å². The van der Waals surface area contributed by atoms with Crippen LogP contribution in [0.4, 0.5) is 0 Å². The maximum absolute atomic E-state index is 9.23. The van der Waals surface area contributed by atoms with Crippen molar-refractivity contribution in [2.75, 3.05) is 26.3 Å². The fourth-order valence-corrected chi connectivity index (χ4v) is 3.09. The Bertz CT molecular complexity index is 482. The Morgan fingerprint density at radius 1 is 1.40 bits per heavy atom. The Balaban J connectivity index is 1.62. The van der Waals surface area contributed by atoms with Crippen LogP contribution >= 0.6 is 11.6 Å². The number of rotatable bonds is 3. The Morgan fingerprint density at radius 3 is 3.05 bits per heavy atom. The molecular formula is C15H20ClNO3. The number of benzene rings is 1. The first kappa shape index (κ1) is 14.1. The lowest BCUT2D eigenvalue weighted by molar-refractivity contribution is -0.0840. The Hall–Kier alpha value is -0.810. The van der Waals surface area contributed by atoms with E-state index in [1.807, 2.05) is 18.2 Å². The van der Waals surface area contributed by atoms with E-state index in [2.05, 4.69) is 11.8 Å². The van der Waals surface area contributed by atoms with E-state index in [0.29, 0.717) is 12.6 Å². The molecule has 1 aromatic rings. The van der Waals surface area contributed by atoms with Crippen molar-refractivity contribution in [3.63, 3.8) is 0 Å². The molecule has 3 rings (SSSR count). The molecule has 3 unspecified atom stereocenters. The summed E-state index contributed by atoms with van der Waals surface area (Å²) in [5.41, 5.74) is 1.18. The number of ether oxygens (including phenoxy) is 2. The molecule has 2 aliphatic rings. The van der Waals surface area contributed by atoms with E-state index >= 15 is 0 Å². The van der Waals surface area contributed by atoms with Gasteiger partial charge in [-0.05, 0) is 30.7 Å². The van der Waals surface area contributed by atoms with Crippen LogP contribution in [0.25, 0.3) is 0 Å². The summed E-state index contributed by atoms with van der Waals surface area (Å²) in [6.07, 6.45) is 0.969. The van der Waals surface area contributed by atoms with Crippen molar-refractivity contribution >= 4 is 11.6 Å². The van der Waals surface area contributed by atoms with Crippen molar-refractivity contribution in [1.29, 1.82) is 0 Å². The first-order valence-electron chi connectivity index (χ1n) is 7.07. The van der Waals surface area contributed by atoms with Crippen LogP contribution in [0, 0.1) is 0 Å². The minimum absolute atomic E-state index is 0.0740. The van der Waals surface area contributed by atoms with Crippen molar-refractivity contribution in [3.8, 4) is 5.75 Å². The van der Waals surface area contributed by atoms with Crippen LogP contribution in [-0.4, -0.2) is 54.6 Å². The van der Waals surface area contributed by atoms with Gasteiger partial charge in [0.2, 0.25) is 0 Å². The lowest BCUT2D eigenvalue weighted by Gasteiger charge is -2.38. The number of aliphatic hydroxyl groups excluding tert-OH is 1. The normalized spacial score (nSPS) is 30.1. The summed E-state index contributed by atoms with van der Waals surface area (Å²) in [7, 11) is 0. The standard InChI is InChI=1S/C15H20ClNO3/c1-10-9-19-14(8-18)7-17(10)6-13-5-11-4-12(16)2-3-15(11)20-13/h2-4,10,13-14,18H,5-9H2,1H3. The van der Waals surface area contributed by atoms with Crippen molar-refractivity contribution in [2.24, 2.45) is 0 Å². The first-order valence-corrected chi connectivity index (χ1v) is 7.45. The predicted molar refractivity (Wildman–Crippen MR) is 77.4 cm³/mol. The summed E-state index contributed by atoms with van der Waals surface area (Å²) < 4.78 is 11.5. The minimum atomic E-state index is -0.0792. The van der Waals surface area contributed by atoms with Gasteiger partial charge in [-0.25, -0.2) is 0 Å². The van der Waals surface area contributed by atoms with Crippen LogP contribution in [0.15, 0.2) is 18.2 Å². The molecule has 4 nitrogen and oxygen atoms in total. The van der Waals surface area contributed by atoms with Gasteiger partial charge in [0.1, 0.15) is 11.9 Å². The van der Waals surface area contributed by atoms with Gasteiger partial charge in [0.05, 0.1) is 19.3 Å². The maximum atomic E-state index is 9.23. The molecule has 1 N–H and O–H groups in total. The highest BCUT2D eigenvalue weighted by Crippen LogP contribution is 2.31. The molecule has 3 atom stereocenters. The van der Waals surface area contributed by atoms with Gasteiger partial charge in [-0.2, -0.15) is 0 Å². The maximum Gasteiger partial charge on any atom is 0.123 e. The number of halogens is 1. The second-order valence-corrected chi connectivity index (χ2v) is 6.07. The van der Waals surface area contributed by atoms with E-state index in [-0.39, 0.29) is 18.8 Å². The molecule has 110 valence electrons. The topological polar surface area (TPSA) is 41.9 Å². The van der Waals surface area contributed by atoms with E-state index in [0.717, 1.165) is 30.3 Å². The molecule has 0 aliphatic carbocycles. The van der Waals surface area contributed by atoms with E-state index < -0.39 is 0 Å². The molecular weight excluding hydrogens is 278 g/mol. The molecule has 1 fully saturated rings. The second-order valence-electron chi connectivity index (χ2n) is 5.64. The average Bonchev–Trinajstić information content (AvgIpc) is 2.82. The number of hydrogen-bond donors (Lipinski definition) is 1. The van der Waals surface area contributed by atoms with Gasteiger partial charge in [0, 0.05) is 30.6 Å². The highest BCUT2D eigenvalue weighted by molar-refractivity contribution is 6.30. The highest BCUT2D eigenvalue weighted by atomic mass is 35.5. The second kappa shape index (κ2) is 5.90. The van der Waals surface area contributed by atoms with Gasteiger partial charge in [-0.15, -0.1) is 0 Å². The van der Waals surface area contributed by atoms with Crippen molar-refractivity contribution in [1.82, 2.24) is 4.90 Å². The lowest BCUT2D eigenvalue weighted by atomic mass is 10.1. The van der Waals surface area contributed by atoms with Gasteiger partial charge in [-0.3, -0.25) is 4.90 Å². The van der Waals surface area contributed by atoms with Gasteiger partial charge in [0.15, 0.2) is 0 Å². The molecule has 0 radical (unpaired) electrons. The monoisotopic (exact) mass is 297 g/mol. The van der Waals surface area contributed by atoms with Crippen LogP contribution in [0.2, 0.25) is 5.02 Å². The van der Waals surface area contributed by atoms with E-state index in [9.17, 15) is 5.11 Å². The van der Waals surface area contributed by atoms with Gasteiger partial charge < -0.3 is 14.6 Å². The van der Waals surface area contributed by atoms with Crippen LogP contribution in [0.5, 0.6) is 5.75 Å². The summed E-state index contributed by atoms with van der Waals surface area (Å²) in [5, 5.41) is 9.99. The summed E-state index contributed by atoms with van der Waals surface area (Å²) in [4.78, 5) is 2.34. The molecule has 1 saturated heterocycles. The SMILES string of the molecule is CC1COC(CO)CN1CC1Cc2cc(Cl)ccc2O1. The molecule has 20 heavy (non-hydrogen) atoms. The molecule has 1 aromatic carbocycles. The molecule has 2 heterocycles. The predicted octanol–water partition coefficient (Wildman–Crippen LogP) is 1.73. The summed E-state index contributed by atoms with van der Waals surface area (Å²) in [5.74, 6) is 0.944. The van der Waals surface area contributed by atoms with Gasteiger partial charge in [0.25, 0.3) is 0 Å². The molecule has 5 heteroatoms. The number of nitrogens with zero attached hydrogens (tertiary/aromatic N) is 1. The van der Waals surface area contributed by atoms with Crippen molar-refractivity contribution < 1.29 is 14.6 Å². The molecule has 2 aliphatic heterocycles. The summed E-state index contributed by atoms with van der Waals surface area (Å²) in [6.45, 7) is 4.50. The smallest absolute Gasteiger partial charge is 0.123 e. The fourth-order valence-electron chi connectivity index (χ4n) is 2.89. The van der Waals surface area contributed by atoms with Crippen LogP contribution in [0.1, 0.15) is 12.5 Å². The third-order valence-electron chi connectivity index (χ3n) is 4.04. The van der Waals surface area contributed by atoms with Gasteiger partial charge >= 0.3 is 0 Å². The largest absolute Gasteiger partial charge is 0.488 e. The lowest BCUT2D eigenvalue weighted by Crippen LogP contribution is -2.52. The number of morpholine rings is 1. The number of hydrogen-bond acceptors (Lipinski definition) is 4. The fraction of sp³-hybridized carbons (Fsp3) is 0.600. The molecule has 0 spiro atoms. The van der Waals surface area contributed by atoms with Gasteiger partial charge in [-0.1, -0.05) is 11.6 Å². The van der Waals surface area contributed by atoms with E-state index in [4.69, 9.17) is 21.1 Å². The average molecular weight is 298 g/mol. The molecule has 0 saturated carbocycles. The number of fused-ring (bicyclic) bond motifs is 1. The third-order valence-corrected chi connectivity index (χ3v) is 4.28. The van der Waals surface area contributed by atoms with Crippen molar-refractivity contribution in [2.45, 2.75) is 31.6 Å². The number of aliphatic hydroxyl groups is 1. The van der Waals surface area contributed by atoms with Crippen LogP contribution in [-0.2, 0) is 11.2 Å². The molecule has 0 aromatic heterocycles. The zero-order chi connectivity index (χ0) is 14.1. The first-order chi connectivity index (χ1) is 9.65. The Labute approximate surface area is 124 Å². The summed E-state index contributed by atoms with van der Waals surface area (Å²) in [6, 6.07) is 6.14. The minimum Gasteiger partial charge on any atom is -0.488 e. The quantitative estimate of drug-likeness (QED) is 0.922. The summed E-state index contributed by atoms with van der Waals surface area (Å²) >= 11 is 6.01. The third kappa shape index (κ3) is 2.93. The van der Waals surface area contributed by atoms with Crippen molar-refractivity contribution in [3.05, 3.63) is 28.8 Å². The highest BCUT2D eigenvalue weighted by Gasteiger charge is 2.31. The zero-order valence-electron chi connectivity index (χ0n) is 11.6.